The highest BCUT2D eigenvalue weighted by Crippen LogP contribution is 2.23. The first-order valence-electron chi connectivity index (χ1n) is 7.71. The predicted octanol–water partition coefficient (Wildman–Crippen LogP) is 3.94. The second-order valence-corrected chi connectivity index (χ2v) is 7.02. The van der Waals surface area contributed by atoms with E-state index in [9.17, 15) is 4.79 Å². The van der Waals surface area contributed by atoms with Crippen LogP contribution in [0.5, 0.6) is 5.75 Å². The van der Waals surface area contributed by atoms with Gasteiger partial charge in [0.2, 0.25) is 0 Å². The van der Waals surface area contributed by atoms with E-state index in [0.717, 1.165) is 20.8 Å². The van der Waals surface area contributed by atoms with Gasteiger partial charge in [0.1, 0.15) is 5.75 Å². The van der Waals surface area contributed by atoms with E-state index in [2.05, 4.69) is 10.9 Å². The number of amides is 1. The Morgan fingerprint density at radius 3 is 3.04 bits per heavy atom. The van der Waals surface area contributed by atoms with Crippen molar-refractivity contribution in [2.24, 2.45) is 4.99 Å². The van der Waals surface area contributed by atoms with Crippen molar-refractivity contribution in [3.63, 3.8) is 0 Å². The molecule has 4 nitrogen and oxygen atoms in total. The van der Waals surface area contributed by atoms with Crippen molar-refractivity contribution in [3.8, 4) is 18.1 Å². The summed E-state index contributed by atoms with van der Waals surface area (Å²) in [4.78, 5) is 18.0. The SMILES string of the molecule is C#CCn1c(=NC(=O)C=Cc2cccs2)sc2cc(OCC)ccc21. The number of nitrogens with zero attached hydrogens (tertiary/aromatic N) is 2. The minimum Gasteiger partial charge on any atom is -0.494 e. The minimum atomic E-state index is -0.309. The fourth-order valence-corrected chi connectivity index (χ4v) is 3.99. The molecule has 0 aliphatic rings. The molecule has 0 bridgehead atoms. The Balaban J connectivity index is 2.00. The largest absolute Gasteiger partial charge is 0.494 e. The summed E-state index contributed by atoms with van der Waals surface area (Å²) < 4.78 is 8.38. The van der Waals surface area contributed by atoms with Gasteiger partial charge in [0, 0.05) is 11.0 Å². The molecular formula is C19H16N2O2S2. The highest BCUT2D eigenvalue weighted by atomic mass is 32.1. The fourth-order valence-electron chi connectivity index (χ4n) is 2.31. The van der Waals surface area contributed by atoms with E-state index in [4.69, 9.17) is 11.2 Å². The molecule has 1 amide bonds. The molecule has 0 radical (unpaired) electrons. The standard InChI is InChI=1S/C19H16N2O2S2/c1-3-11-21-16-9-7-14(23-4-2)13-17(16)25-19(21)20-18(22)10-8-15-6-5-12-24-15/h1,5-10,12-13H,4,11H2,2H3. The lowest BCUT2D eigenvalue weighted by atomic mass is 10.3. The van der Waals surface area contributed by atoms with Crippen molar-refractivity contribution in [3.05, 3.63) is 51.5 Å². The van der Waals surface area contributed by atoms with Gasteiger partial charge in [0.25, 0.3) is 5.91 Å². The van der Waals surface area contributed by atoms with E-state index in [1.807, 2.05) is 47.2 Å². The van der Waals surface area contributed by atoms with E-state index in [1.54, 1.807) is 17.4 Å². The Labute approximate surface area is 153 Å². The Bertz CT molecular complexity index is 1020. The summed E-state index contributed by atoms with van der Waals surface area (Å²) in [6.45, 7) is 2.90. The molecule has 6 heteroatoms. The summed E-state index contributed by atoms with van der Waals surface area (Å²) in [6, 6.07) is 9.67. The average molecular weight is 368 g/mol. The Hall–Kier alpha value is -2.62. The molecule has 3 aromatic rings. The number of thiazole rings is 1. The summed E-state index contributed by atoms with van der Waals surface area (Å²) in [7, 11) is 0. The van der Waals surface area contributed by atoms with Crippen LogP contribution in [-0.2, 0) is 11.3 Å². The summed E-state index contributed by atoms with van der Waals surface area (Å²) in [5.41, 5.74) is 0.945. The van der Waals surface area contributed by atoms with Gasteiger partial charge >= 0.3 is 0 Å². The highest BCUT2D eigenvalue weighted by Gasteiger charge is 2.08. The molecule has 0 fully saturated rings. The van der Waals surface area contributed by atoms with Crippen molar-refractivity contribution >= 4 is 44.9 Å². The number of carbonyl (C=O) groups excluding carboxylic acids is 1. The van der Waals surface area contributed by atoms with Crippen molar-refractivity contribution < 1.29 is 9.53 Å². The number of fused-ring (bicyclic) bond motifs is 1. The number of benzene rings is 1. The van der Waals surface area contributed by atoms with Crippen LogP contribution in [0.4, 0.5) is 0 Å². The third-order valence-corrected chi connectivity index (χ3v) is 5.23. The third kappa shape index (κ3) is 4.08. The van der Waals surface area contributed by atoms with Crippen molar-refractivity contribution in [1.82, 2.24) is 4.57 Å². The molecule has 1 aromatic carbocycles. The van der Waals surface area contributed by atoms with Gasteiger partial charge in [-0.2, -0.15) is 4.99 Å². The number of aromatic nitrogens is 1. The van der Waals surface area contributed by atoms with Crippen LogP contribution in [0.2, 0.25) is 0 Å². The molecule has 2 heterocycles. The van der Waals surface area contributed by atoms with E-state index >= 15 is 0 Å². The molecule has 0 N–H and O–H groups in total. The van der Waals surface area contributed by atoms with Gasteiger partial charge in [-0.1, -0.05) is 23.3 Å². The zero-order valence-corrected chi connectivity index (χ0v) is 15.3. The zero-order chi connectivity index (χ0) is 17.6. The molecule has 25 heavy (non-hydrogen) atoms. The lowest BCUT2D eigenvalue weighted by molar-refractivity contribution is -0.113. The van der Waals surface area contributed by atoms with E-state index in [0.29, 0.717) is 18.0 Å². The predicted molar refractivity (Wildman–Crippen MR) is 104 cm³/mol. The maximum atomic E-state index is 12.2. The summed E-state index contributed by atoms with van der Waals surface area (Å²) >= 11 is 2.99. The molecule has 0 saturated heterocycles. The second-order valence-electron chi connectivity index (χ2n) is 5.04. The molecule has 0 aliphatic heterocycles. The normalized spacial score (nSPS) is 11.9. The maximum Gasteiger partial charge on any atom is 0.272 e. The van der Waals surface area contributed by atoms with Crippen molar-refractivity contribution in [2.45, 2.75) is 13.5 Å². The molecule has 126 valence electrons. The Morgan fingerprint density at radius 2 is 2.32 bits per heavy atom. The van der Waals surface area contributed by atoms with E-state index in [-0.39, 0.29) is 5.91 Å². The lowest BCUT2D eigenvalue weighted by Crippen LogP contribution is -2.15. The number of ether oxygens (including phenoxy) is 1. The Morgan fingerprint density at radius 1 is 1.44 bits per heavy atom. The topological polar surface area (TPSA) is 43.6 Å². The van der Waals surface area contributed by atoms with Crippen LogP contribution in [0.25, 0.3) is 16.3 Å². The number of hydrogen-bond acceptors (Lipinski definition) is 4. The summed E-state index contributed by atoms with van der Waals surface area (Å²) in [6.07, 6.45) is 8.72. The van der Waals surface area contributed by atoms with Gasteiger partial charge in [-0.25, -0.2) is 0 Å². The molecule has 0 saturated carbocycles. The van der Waals surface area contributed by atoms with E-state index in [1.165, 1.54) is 17.4 Å². The lowest BCUT2D eigenvalue weighted by Gasteiger charge is -2.03. The van der Waals surface area contributed by atoms with Crippen LogP contribution in [0.3, 0.4) is 0 Å². The Kier molecular flexibility index (Phi) is 5.49. The monoisotopic (exact) mass is 368 g/mol. The molecule has 2 aromatic heterocycles. The number of hydrogen-bond donors (Lipinski definition) is 0. The van der Waals surface area contributed by atoms with E-state index < -0.39 is 0 Å². The maximum absolute atomic E-state index is 12.2. The minimum absolute atomic E-state index is 0.309. The third-order valence-electron chi connectivity index (χ3n) is 3.35. The number of terminal acetylenes is 1. The summed E-state index contributed by atoms with van der Waals surface area (Å²) in [5.74, 6) is 3.10. The van der Waals surface area contributed by atoms with Crippen LogP contribution in [-0.4, -0.2) is 17.1 Å². The van der Waals surface area contributed by atoms with Crippen LogP contribution in [0, 0.1) is 12.3 Å². The molecule has 3 rings (SSSR count). The first-order valence-corrected chi connectivity index (χ1v) is 9.41. The first kappa shape index (κ1) is 17.2. The van der Waals surface area contributed by atoms with Crippen LogP contribution >= 0.6 is 22.7 Å². The second kappa shape index (κ2) is 7.97. The molecule has 0 aliphatic carbocycles. The van der Waals surface area contributed by atoms with Crippen molar-refractivity contribution in [1.29, 1.82) is 0 Å². The van der Waals surface area contributed by atoms with Crippen LogP contribution in [0.15, 0.2) is 46.8 Å². The zero-order valence-electron chi connectivity index (χ0n) is 13.6. The quantitative estimate of drug-likeness (QED) is 0.506. The van der Waals surface area contributed by atoms with Gasteiger partial charge < -0.3 is 9.30 Å². The van der Waals surface area contributed by atoms with Gasteiger partial charge in [-0.15, -0.1) is 17.8 Å². The summed E-state index contributed by atoms with van der Waals surface area (Å²) in [5, 5.41) is 1.96. The smallest absolute Gasteiger partial charge is 0.272 e. The van der Waals surface area contributed by atoms with Gasteiger partial charge in [0.05, 0.1) is 23.4 Å². The van der Waals surface area contributed by atoms with Gasteiger partial charge in [0.15, 0.2) is 4.80 Å². The molecular weight excluding hydrogens is 352 g/mol. The number of thiophene rings is 1. The van der Waals surface area contributed by atoms with Crippen LogP contribution in [0.1, 0.15) is 11.8 Å². The number of carbonyl (C=O) groups is 1. The first-order chi connectivity index (χ1) is 12.2. The van der Waals surface area contributed by atoms with Crippen molar-refractivity contribution in [2.75, 3.05) is 6.61 Å². The van der Waals surface area contributed by atoms with Crippen LogP contribution < -0.4 is 9.54 Å². The average Bonchev–Trinajstić information content (AvgIpc) is 3.22. The van der Waals surface area contributed by atoms with Gasteiger partial charge in [-0.3, -0.25) is 4.79 Å². The molecule has 0 unspecified atom stereocenters. The number of rotatable bonds is 5. The molecule has 0 atom stereocenters. The molecule has 0 spiro atoms. The fraction of sp³-hybridized carbons (Fsp3) is 0.158. The van der Waals surface area contributed by atoms with Gasteiger partial charge in [-0.05, 0) is 42.6 Å². The highest BCUT2D eigenvalue weighted by molar-refractivity contribution is 7.16.